The van der Waals surface area contributed by atoms with E-state index in [1.54, 1.807) is 12.3 Å². The van der Waals surface area contributed by atoms with Gasteiger partial charge in [-0.3, -0.25) is 9.59 Å². The summed E-state index contributed by atoms with van der Waals surface area (Å²) in [6.45, 7) is 0. The standard InChI is InChI=1S/C22H22ClFN6O3/c23-11-6-14-15(9-26-17(14)25-8-11)18-27-10-16(24)19(30-18)28-12-2-1-3-13(7-12)29-20(31)22(4-5-22)21(32)33/h6,8-10,12-13H,1-5,7H2,(H,25,26)(H,29,31)(H,32,33)(H,27,28,30)/t12?,13-/m1/s1. The SMILES string of the molecule is O=C(O)C1(C(=O)N[C@@H]2CCCC(Nc3nc(-c4c[nH]c5ncc(Cl)cc45)ncc3F)C2)CC1. The Morgan fingerprint density at radius 1 is 1.21 bits per heavy atom. The Morgan fingerprint density at radius 2 is 2.00 bits per heavy atom. The maximum atomic E-state index is 14.5. The minimum Gasteiger partial charge on any atom is -0.480 e. The van der Waals surface area contributed by atoms with Crippen LogP contribution < -0.4 is 10.6 Å². The van der Waals surface area contributed by atoms with Crippen LogP contribution >= 0.6 is 11.6 Å². The van der Waals surface area contributed by atoms with Crippen molar-refractivity contribution in [2.75, 3.05) is 5.32 Å². The number of aromatic amines is 1. The summed E-state index contributed by atoms with van der Waals surface area (Å²) in [5, 5.41) is 16.5. The molecular weight excluding hydrogens is 451 g/mol. The maximum absolute atomic E-state index is 14.5. The maximum Gasteiger partial charge on any atom is 0.319 e. The fraction of sp³-hybridized carbons (Fsp3) is 0.409. The molecule has 11 heteroatoms. The number of carboxylic acids is 1. The van der Waals surface area contributed by atoms with Crippen LogP contribution in [0.15, 0.2) is 24.7 Å². The lowest BCUT2D eigenvalue weighted by Crippen LogP contribution is -2.46. The van der Waals surface area contributed by atoms with E-state index in [1.165, 1.54) is 6.20 Å². The van der Waals surface area contributed by atoms with E-state index in [1.807, 2.05) is 0 Å². The normalized spacial score (nSPS) is 21.5. The number of hydrogen-bond acceptors (Lipinski definition) is 6. The molecule has 3 aromatic rings. The number of H-pyrrole nitrogens is 1. The number of rotatable bonds is 6. The van der Waals surface area contributed by atoms with Crippen LogP contribution in [0.3, 0.4) is 0 Å². The minimum atomic E-state index is -1.27. The highest BCUT2D eigenvalue weighted by atomic mass is 35.5. The van der Waals surface area contributed by atoms with Gasteiger partial charge in [-0.05, 0) is 44.6 Å². The molecule has 2 fully saturated rings. The van der Waals surface area contributed by atoms with Gasteiger partial charge < -0.3 is 20.7 Å². The van der Waals surface area contributed by atoms with Crippen molar-refractivity contribution in [3.63, 3.8) is 0 Å². The molecular formula is C22H22ClFN6O3. The second-order valence-corrected chi connectivity index (χ2v) is 9.14. The van der Waals surface area contributed by atoms with Crippen molar-refractivity contribution in [2.45, 2.75) is 50.6 Å². The topological polar surface area (TPSA) is 133 Å². The molecule has 3 heterocycles. The molecule has 0 radical (unpaired) electrons. The average Bonchev–Trinajstić information content (AvgIpc) is 3.51. The molecule has 2 aliphatic rings. The van der Waals surface area contributed by atoms with Gasteiger partial charge in [-0.1, -0.05) is 11.6 Å². The number of amides is 1. The third kappa shape index (κ3) is 4.10. The summed E-state index contributed by atoms with van der Waals surface area (Å²) in [7, 11) is 0. The van der Waals surface area contributed by atoms with E-state index in [0.29, 0.717) is 41.3 Å². The highest BCUT2D eigenvalue weighted by Crippen LogP contribution is 2.46. The summed E-state index contributed by atoms with van der Waals surface area (Å²) < 4.78 is 14.5. The minimum absolute atomic E-state index is 0.0745. The van der Waals surface area contributed by atoms with Gasteiger partial charge in [-0.25, -0.2) is 19.3 Å². The Balaban J connectivity index is 1.31. The van der Waals surface area contributed by atoms with Gasteiger partial charge >= 0.3 is 5.97 Å². The number of pyridine rings is 1. The smallest absolute Gasteiger partial charge is 0.319 e. The van der Waals surface area contributed by atoms with E-state index in [0.717, 1.165) is 30.8 Å². The summed E-state index contributed by atoms with van der Waals surface area (Å²) in [6.07, 6.45) is 7.98. The van der Waals surface area contributed by atoms with Crippen LogP contribution in [-0.2, 0) is 9.59 Å². The molecule has 2 saturated carbocycles. The molecule has 1 unspecified atom stereocenters. The Morgan fingerprint density at radius 3 is 2.76 bits per heavy atom. The first-order chi connectivity index (χ1) is 15.9. The molecule has 5 rings (SSSR count). The van der Waals surface area contributed by atoms with Crippen molar-refractivity contribution in [3.8, 4) is 11.4 Å². The van der Waals surface area contributed by atoms with Gasteiger partial charge in [0.25, 0.3) is 0 Å². The van der Waals surface area contributed by atoms with E-state index >= 15 is 0 Å². The fourth-order valence-corrected chi connectivity index (χ4v) is 4.55. The summed E-state index contributed by atoms with van der Waals surface area (Å²) in [5.41, 5.74) is 0.00298. The van der Waals surface area contributed by atoms with E-state index in [2.05, 4.69) is 30.6 Å². The zero-order valence-corrected chi connectivity index (χ0v) is 18.3. The van der Waals surface area contributed by atoms with E-state index in [9.17, 15) is 19.1 Å². The van der Waals surface area contributed by atoms with Gasteiger partial charge in [0.1, 0.15) is 11.1 Å². The summed E-state index contributed by atoms with van der Waals surface area (Å²) in [5.74, 6) is -1.68. The monoisotopic (exact) mass is 472 g/mol. The molecule has 0 aliphatic heterocycles. The fourth-order valence-electron chi connectivity index (χ4n) is 4.39. The summed E-state index contributed by atoms with van der Waals surface area (Å²) >= 11 is 6.07. The third-order valence-electron chi connectivity index (χ3n) is 6.43. The summed E-state index contributed by atoms with van der Waals surface area (Å²) in [4.78, 5) is 39.6. The number of nitrogens with one attached hydrogen (secondary N) is 3. The lowest BCUT2D eigenvalue weighted by Gasteiger charge is -2.31. The van der Waals surface area contributed by atoms with Crippen LogP contribution in [0.25, 0.3) is 22.4 Å². The quantitative estimate of drug-likeness (QED) is 0.403. The molecule has 0 aromatic carbocycles. The van der Waals surface area contributed by atoms with Crippen LogP contribution in [0.2, 0.25) is 5.02 Å². The number of aromatic nitrogens is 4. The number of hydrogen-bond donors (Lipinski definition) is 4. The molecule has 0 saturated heterocycles. The first-order valence-electron chi connectivity index (χ1n) is 10.8. The highest BCUT2D eigenvalue weighted by molar-refractivity contribution is 6.31. The number of carbonyl (C=O) groups excluding carboxylic acids is 1. The Bertz CT molecular complexity index is 1240. The number of carboxylic acid groups (broad SMARTS) is 1. The van der Waals surface area contributed by atoms with Crippen molar-refractivity contribution >= 4 is 40.3 Å². The Kier molecular flexibility index (Phi) is 5.40. The molecule has 2 aliphatic carbocycles. The van der Waals surface area contributed by atoms with Crippen molar-refractivity contribution in [2.24, 2.45) is 5.41 Å². The van der Waals surface area contributed by atoms with Crippen LogP contribution in [0, 0.1) is 11.2 Å². The van der Waals surface area contributed by atoms with Gasteiger partial charge in [0.2, 0.25) is 5.91 Å². The Hall–Kier alpha value is -3.27. The molecule has 0 spiro atoms. The van der Waals surface area contributed by atoms with Crippen LogP contribution in [-0.4, -0.2) is 49.0 Å². The molecule has 2 atom stereocenters. The number of anilines is 1. The molecule has 172 valence electrons. The lowest BCUT2D eigenvalue weighted by molar-refractivity contribution is -0.149. The first kappa shape index (κ1) is 21.6. The predicted molar refractivity (Wildman–Crippen MR) is 119 cm³/mol. The number of aliphatic carboxylic acids is 1. The number of nitrogens with zero attached hydrogens (tertiary/aromatic N) is 3. The van der Waals surface area contributed by atoms with Gasteiger partial charge in [0.05, 0.1) is 11.2 Å². The number of halogens is 2. The van der Waals surface area contributed by atoms with Gasteiger partial charge in [0, 0.05) is 35.4 Å². The predicted octanol–water partition coefficient (Wildman–Crippen LogP) is 3.52. The number of fused-ring (bicyclic) bond motifs is 1. The van der Waals surface area contributed by atoms with Crippen molar-refractivity contribution in [1.82, 2.24) is 25.3 Å². The zero-order valence-electron chi connectivity index (χ0n) is 17.6. The molecule has 9 nitrogen and oxygen atoms in total. The second-order valence-electron chi connectivity index (χ2n) is 8.71. The van der Waals surface area contributed by atoms with Crippen molar-refractivity contribution in [3.05, 3.63) is 35.5 Å². The largest absolute Gasteiger partial charge is 0.480 e. The van der Waals surface area contributed by atoms with E-state index in [4.69, 9.17) is 11.6 Å². The number of carbonyl (C=O) groups is 2. The van der Waals surface area contributed by atoms with Gasteiger partial charge in [-0.15, -0.1) is 0 Å². The van der Waals surface area contributed by atoms with Crippen molar-refractivity contribution in [1.29, 1.82) is 0 Å². The summed E-state index contributed by atoms with van der Waals surface area (Å²) in [6, 6.07) is 1.44. The van der Waals surface area contributed by atoms with Crippen LogP contribution in [0.5, 0.6) is 0 Å². The van der Waals surface area contributed by atoms with E-state index < -0.39 is 23.1 Å². The first-order valence-corrected chi connectivity index (χ1v) is 11.2. The van der Waals surface area contributed by atoms with Crippen LogP contribution in [0.4, 0.5) is 10.2 Å². The van der Waals surface area contributed by atoms with Crippen LogP contribution in [0.1, 0.15) is 38.5 Å². The van der Waals surface area contributed by atoms with Gasteiger partial charge in [0.15, 0.2) is 17.5 Å². The highest BCUT2D eigenvalue weighted by Gasteiger charge is 2.57. The zero-order chi connectivity index (χ0) is 23.2. The molecule has 3 aromatic heterocycles. The molecule has 4 N–H and O–H groups in total. The Labute approximate surface area is 193 Å². The average molecular weight is 473 g/mol. The molecule has 33 heavy (non-hydrogen) atoms. The van der Waals surface area contributed by atoms with Crippen molar-refractivity contribution < 1.29 is 19.1 Å². The lowest BCUT2D eigenvalue weighted by atomic mass is 9.90. The third-order valence-corrected chi connectivity index (χ3v) is 6.63. The van der Waals surface area contributed by atoms with Gasteiger partial charge in [-0.2, -0.15) is 0 Å². The van der Waals surface area contributed by atoms with E-state index in [-0.39, 0.29) is 17.9 Å². The molecule has 1 amide bonds. The second kappa shape index (κ2) is 8.26. The molecule has 0 bridgehead atoms.